The summed E-state index contributed by atoms with van der Waals surface area (Å²) in [6.45, 7) is 3.93. The lowest BCUT2D eigenvalue weighted by Gasteiger charge is -2.34. The molecule has 1 fully saturated rings. The van der Waals surface area contributed by atoms with Crippen molar-refractivity contribution in [1.29, 1.82) is 0 Å². The van der Waals surface area contributed by atoms with Gasteiger partial charge < -0.3 is 4.90 Å². The Morgan fingerprint density at radius 1 is 1.30 bits per heavy atom. The van der Waals surface area contributed by atoms with E-state index in [4.69, 9.17) is 0 Å². The molecule has 1 aromatic carbocycles. The minimum atomic E-state index is -0.257. The fourth-order valence-electron chi connectivity index (χ4n) is 3.09. The smallest absolute Gasteiger partial charge is 0.253 e. The van der Waals surface area contributed by atoms with Gasteiger partial charge in [-0.25, -0.2) is 4.39 Å². The van der Waals surface area contributed by atoms with Crippen LogP contribution in [0.4, 0.5) is 4.39 Å². The molecule has 2 rings (SSSR count). The molecule has 0 heterocycles. The average Bonchev–Trinajstić information content (AvgIpc) is 2.48. The molecule has 0 aliphatic heterocycles. The van der Waals surface area contributed by atoms with Gasteiger partial charge in [0.15, 0.2) is 0 Å². The van der Waals surface area contributed by atoms with E-state index in [2.05, 4.69) is 6.92 Å². The molecule has 1 amide bonds. The van der Waals surface area contributed by atoms with Crippen molar-refractivity contribution in [2.24, 2.45) is 5.92 Å². The number of benzene rings is 1. The Morgan fingerprint density at radius 3 is 2.50 bits per heavy atom. The maximum Gasteiger partial charge on any atom is 0.253 e. The first kappa shape index (κ1) is 15.0. The zero-order valence-corrected chi connectivity index (χ0v) is 12.7. The van der Waals surface area contributed by atoms with Gasteiger partial charge >= 0.3 is 0 Å². The molecule has 0 N–H and O–H groups in total. The third kappa shape index (κ3) is 3.20. The summed E-state index contributed by atoms with van der Waals surface area (Å²) in [5, 5.41) is 0. The maximum atomic E-state index is 13.3. The number of hydrogen-bond acceptors (Lipinski definition) is 1. The largest absolute Gasteiger partial charge is 0.339 e. The molecule has 0 aromatic heterocycles. The number of carbonyl (C=O) groups is 1. The molecule has 1 aliphatic rings. The number of rotatable bonds is 3. The predicted octanol–water partition coefficient (Wildman–Crippen LogP) is 4.17. The molecule has 20 heavy (non-hydrogen) atoms. The number of nitrogens with zero attached hydrogens (tertiary/aromatic N) is 1. The Labute approximate surface area is 121 Å². The van der Waals surface area contributed by atoms with E-state index in [0.29, 0.717) is 17.2 Å². The molecule has 0 bridgehead atoms. The molecule has 2 nitrogen and oxygen atoms in total. The van der Waals surface area contributed by atoms with E-state index in [1.807, 2.05) is 11.9 Å². The Hall–Kier alpha value is -1.38. The van der Waals surface area contributed by atoms with Crippen LogP contribution in [0.1, 0.15) is 54.9 Å². The van der Waals surface area contributed by atoms with Gasteiger partial charge in [0.05, 0.1) is 0 Å². The van der Waals surface area contributed by atoms with Crippen LogP contribution >= 0.6 is 0 Å². The van der Waals surface area contributed by atoms with Crippen LogP contribution in [0.5, 0.6) is 0 Å². The van der Waals surface area contributed by atoms with Crippen molar-refractivity contribution < 1.29 is 9.18 Å². The average molecular weight is 277 g/mol. The third-order valence-corrected chi connectivity index (χ3v) is 4.67. The van der Waals surface area contributed by atoms with Gasteiger partial charge in [0.25, 0.3) is 5.91 Å². The monoisotopic (exact) mass is 277 g/mol. The molecule has 0 spiro atoms. The third-order valence-electron chi connectivity index (χ3n) is 4.67. The summed E-state index contributed by atoms with van der Waals surface area (Å²) < 4.78 is 13.3. The first-order chi connectivity index (χ1) is 9.52. The summed E-state index contributed by atoms with van der Waals surface area (Å²) in [5.74, 6) is 0.573. The van der Waals surface area contributed by atoms with E-state index in [1.54, 1.807) is 19.1 Å². The zero-order chi connectivity index (χ0) is 14.7. The van der Waals surface area contributed by atoms with Crippen molar-refractivity contribution >= 4 is 5.91 Å². The van der Waals surface area contributed by atoms with E-state index in [1.165, 1.54) is 25.3 Å². The standard InChI is InChI=1S/C17H24FNO/c1-4-13-5-8-15(9-6-13)19(3)17(20)14-7-10-16(18)12(2)11-14/h7,10-11,13,15H,4-6,8-9H2,1-3H3. The molecule has 0 unspecified atom stereocenters. The number of hydrogen-bond donors (Lipinski definition) is 0. The molecule has 1 saturated carbocycles. The van der Waals surface area contributed by atoms with Gasteiger partial charge in [-0.2, -0.15) is 0 Å². The lowest BCUT2D eigenvalue weighted by molar-refractivity contribution is 0.0674. The van der Waals surface area contributed by atoms with Gasteiger partial charge in [-0.1, -0.05) is 13.3 Å². The minimum absolute atomic E-state index is 0.00745. The van der Waals surface area contributed by atoms with Gasteiger partial charge in [0.2, 0.25) is 0 Å². The normalized spacial score (nSPS) is 22.6. The summed E-state index contributed by atoms with van der Waals surface area (Å²) >= 11 is 0. The first-order valence-electron chi connectivity index (χ1n) is 7.56. The molecule has 110 valence electrons. The van der Waals surface area contributed by atoms with E-state index in [-0.39, 0.29) is 11.7 Å². The van der Waals surface area contributed by atoms with Gasteiger partial charge in [-0.15, -0.1) is 0 Å². The van der Waals surface area contributed by atoms with Crippen molar-refractivity contribution in [1.82, 2.24) is 4.90 Å². The highest BCUT2D eigenvalue weighted by atomic mass is 19.1. The number of amides is 1. The van der Waals surface area contributed by atoms with Crippen molar-refractivity contribution in [3.05, 3.63) is 35.1 Å². The quantitative estimate of drug-likeness (QED) is 0.812. The molecule has 3 heteroatoms. The van der Waals surface area contributed by atoms with Crippen LogP contribution in [-0.2, 0) is 0 Å². The zero-order valence-electron chi connectivity index (χ0n) is 12.7. The molecule has 0 saturated heterocycles. The number of halogens is 1. The van der Waals surface area contributed by atoms with Crippen LogP contribution in [0.15, 0.2) is 18.2 Å². The van der Waals surface area contributed by atoms with E-state index in [0.717, 1.165) is 18.8 Å². The van der Waals surface area contributed by atoms with Gasteiger partial charge in [-0.05, 0) is 62.3 Å². The van der Waals surface area contributed by atoms with E-state index >= 15 is 0 Å². The Bertz CT molecular complexity index is 478. The topological polar surface area (TPSA) is 20.3 Å². The summed E-state index contributed by atoms with van der Waals surface area (Å²) in [5.41, 5.74) is 1.11. The number of aryl methyl sites for hydroxylation is 1. The maximum absolute atomic E-state index is 13.3. The van der Waals surface area contributed by atoms with Crippen LogP contribution in [0.25, 0.3) is 0 Å². The predicted molar refractivity (Wildman–Crippen MR) is 79.3 cm³/mol. The lowest BCUT2D eigenvalue weighted by atomic mass is 9.84. The highest BCUT2D eigenvalue weighted by Gasteiger charge is 2.26. The summed E-state index contributed by atoms with van der Waals surface area (Å²) in [4.78, 5) is 14.3. The second kappa shape index (κ2) is 6.38. The van der Waals surface area contributed by atoms with Crippen LogP contribution < -0.4 is 0 Å². The minimum Gasteiger partial charge on any atom is -0.339 e. The van der Waals surface area contributed by atoms with Crippen molar-refractivity contribution in [3.8, 4) is 0 Å². The van der Waals surface area contributed by atoms with Crippen LogP contribution in [0.3, 0.4) is 0 Å². The Morgan fingerprint density at radius 2 is 1.95 bits per heavy atom. The number of carbonyl (C=O) groups excluding carboxylic acids is 1. The lowest BCUT2D eigenvalue weighted by Crippen LogP contribution is -2.39. The fraction of sp³-hybridized carbons (Fsp3) is 0.588. The molecular formula is C17H24FNO. The van der Waals surface area contributed by atoms with Gasteiger partial charge in [0.1, 0.15) is 5.82 Å². The van der Waals surface area contributed by atoms with E-state index in [9.17, 15) is 9.18 Å². The summed E-state index contributed by atoms with van der Waals surface area (Å²) in [7, 11) is 1.87. The molecule has 1 aromatic rings. The van der Waals surface area contributed by atoms with Gasteiger partial charge in [-0.3, -0.25) is 4.79 Å². The van der Waals surface area contributed by atoms with Crippen molar-refractivity contribution in [3.63, 3.8) is 0 Å². The molecule has 1 aliphatic carbocycles. The van der Waals surface area contributed by atoms with Crippen LogP contribution in [0, 0.1) is 18.7 Å². The van der Waals surface area contributed by atoms with Crippen molar-refractivity contribution in [2.75, 3.05) is 7.05 Å². The van der Waals surface area contributed by atoms with Gasteiger partial charge in [0, 0.05) is 18.7 Å². The fourth-order valence-corrected chi connectivity index (χ4v) is 3.09. The van der Waals surface area contributed by atoms with Crippen LogP contribution in [0.2, 0.25) is 0 Å². The van der Waals surface area contributed by atoms with E-state index < -0.39 is 0 Å². The summed E-state index contributed by atoms with van der Waals surface area (Å²) in [6, 6.07) is 4.94. The SMILES string of the molecule is CCC1CCC(N(C)C(=O)c2ccc(F)c(C)c2)CC1. The Balaban J connectivity index is 2.03. The van der Waals surface area contributed by atoms with Crippen LogP contribution in [-0.4, -0.2) is 23.9 Å². The second-order valence-electron chi connectivity index (χ2n) is 5.96. The highest BCUT2D eigenvalue weighted by molar-refractivity contribution is 5.94. The highest BCUT2D eigenvalue weighted by Crippen LogP contribution is 2.29. The molecule has 0 radical (unpaired) electrons. The molecular weight excluding hydrogens is 253 g/mol. The first-order valence-corrected chi connectivity index (χ1v) is 7.56. The Kier molecular flexibility index (Phi) is 4.79. The second-order valence-corrected chi connectivity index (χ2v) is 5.96. The van der Waals surface area contributed by atoms with Crippen molar-refractivity contribution in [2.45, 2.75) is 52.0 Å². The summed E-state index contributed by atoms with van der Waals surface area (Å²) in [6.07, 6.45) is 5.83. The molecule has 0 atom stereocenters.